The lowest BCUT2D eigenvalue weighted by molar-refractivity contribution is -0.141. The van der Waals surface area contributed by atoms with Crippen LogP contribution >= 0.6 is 0 Å². The number of carbonyl (C=O) groups excluding carboxylic acids is 1. The highest BCUT2D eigenvalue weighted by atomic mass is 16.5. The van der Waals surface area contributed by atoms with Crippen molar-refractivity contribution in [1.29, 1.82) is 0 Å². The van der Waals surface area contributed by atoms with E-state index in [1.54, 1.807) is 24.3 Å². The highest BCUT2D eigenvalue weighted by molar-refractivity contribution is 5.93. The zero-order chi connectivity index (χ0) is 18.5. The molecule has 2 aromatic carbocycles. The van der Waals surface area contributed by atoms with Gasteiger partial charge < -0.3 is 24.8 Å². The number of carbonyl (C=O) groups is 2. The Hall–Kier alpha value is -3.06. The predicted octanol–water partition coefficient (Wildman–Crippen LogP) is 3.18. The van der Waals surface area contributed by atoms with E-state index in [4.69, 9.17) is 9.47 Å². The fourth-order valence-corrected chi connectivity index (χ4v) is 2.88. The van der Waals surface area contributed by atoms with Gasteiger partial charge in [-0.3, -0.25) is 0 Å². The van der Waals surface area contributed by atoms with Gasteiger partial charge in [0.25, 0.3) is 0 Å². The summed E-state index contributed by atoms with van der Waals surface area (Å²) >= 11 is 0. The number of para-hydroxylation sites is 1. The predicted molar refractivity (Wildman–Crippen MR) is 95.5 cm³/mol. The van der Waals surface area contributed by atoms with E-state index in [0.717, 1.165) is 0 Å². The summed E-state index contributed by atoms with van der Waals surface area (Å²) in [6.07, 6.45) is -0.00856. The lowest BCUT2D eigenvalue weighted by Crippen LogP contribution is -2.43. The molecule has 0 aromatic heterocycles. The van der Waals surface area contributed by atoms with Crippen LogP contribution < -0.4 is 10.1 Å². The normalized spacial score (nSPS) is 19.2. The number of benzene rings is 2. The van der Waals surface area contributed by atoms with Crippen LogP contribution in [-0.2, 0) is 9.53 Å². The van der Waals surface area contributed by atoms with Crippen LogP contribution in [-0.4, -0.2) is 47.8 Å². The summed E-state index contributed by atoms with van der Waals surface area (Å²) in [7, 11) is 1.51. The van der Waals surface area contributed by atoms with Crippen molar-refractivity contribution in [2.75, 3.05) is 19.0 Å². The van der Waals surface area contributed by atoms with Gasteiger partial charge in [0.1, 0.15) is 17.5 Å². The van der Waals surface area contributed by atoms with E-state index < -0.39 is 18.0 Å². The number of nitrogens with one attached hydrogen (secondary N) is 1. The van der Waals surface area contributed by atoms with E-state index in [0.29, 0.717) is 17.2 Å². The number of carboxylic acid groups (broad SMARTS) is 1. The summed E-state index contributed by atoms with van der Waals surface area (Å²) in [5.74, 6) is 0.213. The maximum Gasteiger partial charge on any atom is 0.326 e. The largest absolute Gasteiger partial charge is 0.480 e. The van der Waals surface area contributed by atoms with Crippen molar-refractivity contribution in [1.82, 2.24) is 4.90 Å². The lowest BCUT2D eigenvalue weighted by atomic mass is 10.2. The molecule has 1 saturated heterocycles. The molecule has 3 rings (SSSR count). The molecule has 0 unspecified atom stereocenters. The SMILES string of the molecule is CO[C@H]1C[C@H](C(=O)O)N(C(=O)Nc2cccc(Oc3ccccc3)c2)C1. The number of anilines is 1. The van der Waals surface area contributed by atoms with Gasteiger partial charge >= 0.3 is 12.0 Å². The molecule has 2 aromatic rings. The van der Waals surface area contributed by atoms with Crippen molar-refractivity contribution in [3.8, 4) is 11.5 Å². The van der Waals surface area contributed by atoms with Crippen LogP contribution in [0.5, 0.6) is 11.5 Å². The number of aliphatic carboxylic acids is 1. The molecule has 136 valence electrons. The molecular weight excluding hydrogens is 336 g/mol. The molecule has 0 saturated carbocycles. The Balaban J connectivity index is 1.69. The molecule has 0 bridgehead atoms. The first-order valence-electron chi connectivity index (χ1n) is 8.23. The van der Waals surface area contributed by atoms with Crippen LogP contribution in [0.15, 0.2) is 54.6 Å². The third-order valence-electron chi connectivity index (χ3n) is 4.21. The van der Waals surface area contributed by atoms with Gasteiger partial charge in [-0.15, -0.1) is 0 Å². The number of nitrogens with zero attached hydrogens (tertiary/aromatic N) is 1. The smallest absolute Gasteiger partial charge is 0.326 e. The fraction of sp³-hybridized carbons (Fsp3) is 0.263. The molecule has 1 heterocycles. The average molecular weight is 356 g/mol. The van der Waals surface area contributed by atoms with Gasteiger partial charge in [0.05, 0.1) is 6.10 Å². The highest BCUT2D eigenvalue weighted by Crippen LogP contribution is 2.25. The minimum Gasteiger partial charge on any atom is -0.480 e. The molecule has 2 amide bonds. The van der Waals surface area contributed by atoms with Gasteiger partial charge in [-0.05, 0) is 24.3 Å². The lowest BCUT2D eigenvalue weighted by Gasteiger charge is -2.21. The van der Waals surface area contributed by atoms with Crippen molar-refractivity contribution >= 4 is 17.7 Å². The summed E-state index contributed by atoms with van der Waals surface area (Å²) in [6, 6.07) is 14.8. The van der Waals surface area contributed by atoms with Crippen molar-refractivity contribution in [2.24, 2.45) is 0 Å². The van der Waals surface area contributed by atoms with Gasteiger partial charge in [-0.2, -0.15) is 0 Å². The molecule has 7 heteroatoms. The first kappa shape index (κ1) is 17.8. The van der Waals surface area contributed by atoms with Gasteiger partial charge in [0.15, 0.2) is 0 Å². The summed E-state index contributed by atoms with van der Waals surface area (Å²) in [4.78, 5) is 25.2. The highest BCUT2D eigenvalue weighted by Gasteiger charge is 2.39. The van der Waals surface area contributed by atoms with E-state index in [9.17, 15) is 14.7 Å². The molecule has 0 spiro atoms. The van der Waals surface area contributed by atoms with Crippen molar-refractivity contribution in [2.45, 2.75) is 18.6 Å². The fourth-order valence-electron chi connectivity index (χ4n) is 2.88. The number of urea groups is 1. The summed E-state index contributed by atoms with van der Waals surface area (Å²) < 4.78 is 10.9. The maximum atomic E-state index is 12.5. The number of amides is 2. The summed E-state index contributed by atoms with van der Waals surface area (Å²) in [5.41, 5.74) is 0.522. The van der Waals surface area contributed by atoms with E-state index in [1.165, 1.54) is 12.0 Å². The van der Waals surface area contributed by atoms with E-state index >= 15 is 0 Å². The monoisotopic (exact) mass is 356 g/mol. The van der Waals surface area contributed by atoms with Gasteiger partial charge in [0.2, 0.25) is 0 Å². The Morgan fingerprint density at radius 1 is 1.12 bits per heavy atom. The number of ether oxygens (including phenoxy) is 2. The standard InChI is InChI=1S/C19H20N2O5/c1-25-16-11-17(18(22)23)21(12-16)19(24)20-13-6-5-9-15(10-13)26-14-7-3-2-4-8-14/h2-10,16-17H,11-12H2,1H3,(H,20,24)(H,22,23)/t16-,17+/m0/s1. The van der Waals surface area contributed by atoms with E-state index in [-0.39, 0.29) is 19.1 Å². The van der Waals surface area contributed by atoms with Gasteiger partial charge in [0, 0.05) is 31.8 Å². The Bertz CT molecular complexity index is 781. The molecule has 0 radical (unpaired) electrons. The number of likely N-dealkylation sites (tertiary alicyclic amines) is 1. The number of carboxylic acids is 1. The zero-order valence-corrected chi connectivity index (χ0v) is 14.3. The number of hydrogen-bond acceptors (Lipinski definition) is 4. The summed E-state index contributed by atoms with van der Waals surface area (Å²) in [6.45, 7) is 0.236. The van der Waals surface area contributed by atoms with Crippen molar-refractivity contribution in [3.63, 3.8) is 0 Å². The molecule has 0 aliphatic carbocycles. The molecule has 1 aliphatic heterocycles. The maximum absolute atomic E-state index is 12.5. The number of hydrogen-bond donors (Lipinski definition) is 2. The van der Waals surface area contributed by atoms with Crippen LogP contribution in [0, 0.1) is 0 Å². The number of methoxy groups -OCH3 is 1. The van der Waals surface area contributed by atoms with Crippen LogP contribution in [0.1, 0.15) is 6.42 Å². The second kappa shape index (κ2) is 7.88. The van der Waals surface area contributed by atoms with Gasteiger partial charge in [-0.25, -0.2) is 9.59 Å². The zero-order valence-electron chi connectivity index (χ0n) is 14.3. The Labute approximate surface area is 151 Å². The van der Waals surface area contributed by atoms with Crippen LogP contribution in [0.4, 0.5) is 10.5 Å². The first-order chi connectivity index (χ1) is 12.6. The van der Waals surface area contributed by atoms with E-state index in [2.05, 4.69) is 5.32 Å². The molecular formula is C19H20N2O5. The first-order valence-corrected chi connectivity index (χ1v) is 8.23. The molecule has 2 N–H and O–H groups in total. The Morgan fingerprint density at radius 2 is 1.85 bits per heavy atom. The molecule has 26 heavy (non-hydrogen) atoms. The minimum atomic E-state index is -1.04. The quantitative estimate of drug-likeness (QED) is 0.859. The number of rotatable bonds is 5. The molecule has 1 fully saturated rings. The molecule has 1 aliphatic rings. The van der Waals surface area contributed by atoms with E-state index in [1.807, 2.05) is 30.3 Å². The third-order valence-corrected chi connectivity index (χ3v) is 4.21. The van der Waals surface area contributed by atoms with Crippen molar-refractivity contribution < 1.29 is 24.2 Å². The van der Waals surface area contributed by atoms with Crippen LogP contribution in [0.25, 0.3) is 0 Å². The molecule has 7 nitrogen and oxygen atoms in total. The van der Waals surface area contributed by atoms with Crippen LogP contribution in [0.3, 0.4) is 0 Å². The Kier molecular flexibility index (Phi) is 5.38. The van der Waals surface area contributed by atoms with Crippen LogP contribution in [0.2, 0.25) is 0 Å². The summed E-state index contributed by atoms with van der Waals surface area (Å²) in [5, 5.41) is 12.1. The minimum absolute atomic E-state index is 0.236. The second-order valence-corrected chi connectivity index (χ2v) is 5.97. The molecule has 2 atom stereocenters. The average Bonchev–Trinajstić information content (AvgIpc) is 3.08. The Morgan fingerprint density at radius 3 is 2.54 bits per heavy atom. The topological polar surface area (TPSA) is 88.1 Å². The second-order valence-electron chi connectivity index (χ2n) is 5.97. The third kappa shape index (κ3) is 4.12. The van der Waals surface area contributed by atoms with Gasteiger partial charge in [-0.1, -0.05) is 24.3 Å². The van der Waals surface area contributed by atoms with Crippen molar-refractivity contribution in [3.05, 3.63) is 54.6 Å².